The van der Waals surface area contributed by atoms with Crippen molar-refractivity contribution in [2.45, 2.75) is 39.5 Å². The number of hydrogen-bond donors (Lipinski definition) is 1. The van der Waals surface area contributed by atoms with Crippen molar-refractivity contribution in [2.24, 2.45) is 0 Å². The maximum Gasteiger partial charge on any atom is 0.303 e. The molecule has 0 aliphatic heterocycles. The van der Waals surface area contributed by atoms with Crippen LogP contribution in [0.3, 0.4) is 0 Å². The average molecular weight is 184 g/mol. The molecule has 0 aromatic carbocycles. The molecule has 0 amide bonds. The third kappa shape index (κ3) is 8.79. The standard InChI is InChI=1S/C10H16O3/c1-8(2)7-9(11)5-3-4-6-10(12)13/h7H,3-6H2,1-2H3,(H,12,13). The van der Waals surface area contributed by atoms with Crippen LogP contribution in [-0.2, 0) is 9.59 Å². The van der Waals surface area contributed by atoms with E-state index < -0.39 is 5.97 Å². The van der Waals surface area contributed by atoms with Crippen molar-refractivity contribution in [3.05, 3.63) is 11.6 Å². The Morgan fingerprint density at radius 2 is 1.69 bits per heavy atom. The lowest BCUT2D eigenvalue weighted by Crippen LogP contribution is -1.97. The van der Waals surface area contributed by atoms with Crippen LogP contribution in [0.25, 0.3) is 0 Å². The minimum Gasteiger partial charge on any atom is -0.481 e. The fourth-order valence-electron chi connectivity index (χ4n) is 0.970. The fraction of sp³-hybridized carbons (Fsp3) is 0.600. The zero-order valence-corrected chi connectivity index (χ0v) is 8.17. The molecule has 0 unspecified atom stereocenters. The van der Waals surface area contributed by atoms with E-state index in [4.69, 9.17) is 5.11 Å². The molecule has 3 nitrogen and oxygen atoms in total. The second-order valence-electron chi connectivity index (χ2n) is 3.29. The zero-order valence-electron chi connectivity index (χ0n) is 8.17. The lowest BCUT2D eigenvalue weighted by atomic mass is 10.1. The molecular formula is C10H16O3. The van der Waals surface area contributed by atoms with Crippen LogP contribution in [0.5, 0.6) is 0 Å². The van der Waals surface area contributed by atoms with Crippen LogP contribution >= 0.6 is 0 Å². The predicted molar refractivity (Wildman–Crippen MR) is 50.5 cm³/mol. The van der Waals surface area contributed by atoms with E-state index in [1.807, 2.05) is 13.8 Å². The minimum atomic E-state index is -0.797. The summed E-state index contributed by atoms with van der Waals surface area (Å²) in [6.45, 7) is 3.74. The first kappa shape index (κ1) is 11.9. The largest absolute Gasteiger partial charge is 0.481 e. The molecule has 13 heavy (non-hydrogen) atoms. The van der Waals surface area contributed by atoms with Gasteiger partial charge in [0.1, 0.15) is 0 Å². The van der Waals surface area contributed by atoms with Gasteiger partial charge in [0, 0.05) is 12.8 Å². The summed E-state index contributed by atoms with van der Waals surface area (Å²) in [6, 6.07) is 0. The molecule has 0 atom stereocenters. The maximum absolute atomic E-state index is 11.1. The van der Waals surface area contributed by atoms with Gasteiger partial charge in [-0.25, -0.2) is 0 Å². The molecule has 1 N–H and O–H groups in total. The number of hydrogen-bond acceptors (Lipinski definition) is 2. The lowest BCUT2D eigenvalue weighted by Gasteiger charge is -1.95. The molecule has 0 aromatic heterocycles. The molecule has 0 aliphatic carbocycles. The van der Waals surface area contributed by atoms with E-state index >= 15 is 0 Å². The van der Waals surface area contributed by atoms with Crippen LogP contribution in [0.4, 0.5) is 0 Å². The first-order valence-electron chi connectivity index (χ1n) is 4.42. The molecule has 0 heterocycles. The number of aliphatic carboxylic acids is 1. The summed E-state index contributed by atoms with van der Waals surface area (Å²) in [4.78, 5) is 21.2. The molecule has 0 fully saturated rings. The van der Waals surface area contributed by atoms with E-state index in [0.717, 1.165) is 5.57 Å². The number of carbonyl (C=O) groups is 2. The number of carboxylic acids is 1. The molecule has 0 saturated heterocycles. The van der Waals surface area contributed by atoms with Gasteiger partial charge in [-0.3, -0.25) is 9.59 Å². The third-order valence-electron chi connectivity index (χ3n) is 1.51. The van der Waals surface area contributed by atoms with E-state index in [1.54, 1.807) is 6.08 Å². The van der Waals surface area contributed by atoms with Gasteiger partial charge in [-0.05, 0) is 32.8 Å². The topological polar surface area (TPSA) is 54.4 Å². The van der Waals surface area contributed by atoms with Crippen molar-refractivity contribution in [1.29, 1.82) is 0 Å². The van der Waals surface area contributed by atoms with Gasteiger partial charge in [0.15, 0.2) is 5.78 Å². The first-order chi connectivity index (χ1) is 6.02. The SMILES string of the molecule is CC(C)=CC(=O)CCCCC(=O)O. The van der Waals surface area contributed by atoms with Gasteiger partial charge in [-0.1, -0.05) is 5.57 Å². The van der Waals surface area contributed by atoms with Gasteiger partial charge in [-0.2, -0.15) is 0 Å². The van der Waals surface area contributed by atoms with Gasteiger partial charge >= 0.3 is 5.97 Å². The maximum atomic E-state index is 11.1. The van der Waals surface area contributed by atoms with Crippen LogP contribution < -0.4 is 0 Å². The van der Waals surface area contributed by atoms with E-state index in [0.29, 0.717) is 19.3 Å². The monoisotopic (exact) mass is 184 g/mol. The summed E-state index contributed by atoms with van der Waals surface area (Å²) >= 11 is 0. The summed E-state index contributed by atoms with van der Waals surface area (Å²) in [5.74, 6) is -0.708. The van der Waals surface area contributed by atoms with Gasteiger partial charge in [0.2, 0.25) is 0 Å². The summed E-state index contributed by atoms with van der Waals surface area (Å²) in [5, 5.41) is 8.33. The second kappa shape index (κ2) is 6.40. The van der Waals surface area contributed by atoms with Crippen LogP contribution in [0.15, 0.2) is 11.6 Å². The van der Waals surface area contributed by atoms with E-state index in [2.05, 4.69) is 0 Å². The van der Waals surface area contributed by atoms with Crippen LogP contribution in [0, 0.1) is 0 Å². The summed E-state index contributed by atoms with van der Waals surface area (Å²) in [7, 11) is 0. The highest BCUT2D eigenvalue weighted by molar-refractivity contribution is 5.90. The zero-order chi connectivity index (χ0) is 10.3. The fourth-order valence-corrected chi connectivity index (χ4v) is 0.970. The molecule has 0 bridgehead atoms. The number of allylic oxidation sites excluding steroid dienone is 2. The van der Waals surface area contributed by atoms with Crippen LogP contribution in [-0.4, -0.2) is 16.9 Å². The highest BCUT2D eigenvalue weighted by Crippen LogP contribution is 2.02. The van der Waals surface area contributed by atoms with Crippen molar-refractivity contribution in [3.63, 3.8) is 0 Å². The first-order valence-corrected chi connectivity index (χ1v) is 4.42. The Balaban J connectivity index is 3.49. The highest BCUT2D eigenvalue weighted by atomic mass is 16.4. The average Bonchev–Trinajstić information content (AvgIpc) is 1.96. The molecule has 0 rings (SSSR count). The number of carboxylic acid groups (broad SMARTS) is 1. The molecule has 0 saturated carbocycles. The molecule has 74 valence electrons. The van der Waals surface area contributed by atoms with Gasteiger partial charge in [0.25, 0.3) is 0 Å². The van der Waals surface area contributed by atoms with Crippen molar-refractivity contribution in [2.75, 3.05) is 0 Å². The molecule has 0 aliphatic rings. The molecule has 0 spiro atoms. The predicted octanol–water partition coefficient (Wildman–Crippen LogP) is 2.17. The van der Waals surface area contributed by atoms with Crippen LogP contribution in [0.2, 0.25) is 0 Å². The Hall–Kier alpha value is -1.12. The Labute approximate surface area is 78.5 Å². The van der Waals surface area contributed by atoms with Crippen molar-refractivity contribution < 1.29 is 14.7 Å². The Morgan fingerprint density at radius 3 is 2.15 bits per heavy atom. The Kier molecular flexibility index (Phi) is 5.85. The summed E-state index contributed by atoms with van der Waals surface area (Å²) in [6.07, 6.45) is 3.45. The van der Waals surface area contributed by atoms with Gasteiger partial charge < -0.3 is 5.11 Å². The number of unbranched alkanes of at least 4 members (excludes halogenated alkanes) is 1. The number of rotatable bonds is 6. The lowest BCUT2D eigenvalue weighted by molar-refractivity contribution is -0.137. The normalized spacial score (nSPS) is 9.38. The van der Waals surface area contributed by atoms with Crippen molar-refractivity contribution in [1.82, 2.24) is 0 Å². The van der Waals surface area contributed by atoms with Crippen molar-refractivity contribution >= 4 is 11.8 Å². The van der Waals surface area contributed by atoms with Crippen molar-refractivity contribution in [3.8, 4) is 0 Å². The quantitative estimate of drug-likeness (QED) is 0.508. The van der Waals surface area contributed by atoms with E-state index in [9.17, 15) is 9.59 Å². The number of ketones is 1. The summed E-state index contributed by atoms with van der Waals surface area (Å²) in [5.41, 5.74) is 0.989. The second-order valence-corrected chi connectivity index (χ2v) is 3.29. The third-order valence-corrected chi connectivity index (χ3v) is 1.51. The summed E-state index contributed by atoms with van der Waals surface area (Å²) < 4.78 is 0. The molecule has 3 heteroatoms. The van der Waals surface area contributed by atoms with Gasteiger partial charge in [0.05, 0.1) is 0 Å². The number of carbonyl (C=O) groups excluding carboxylic acids is 1. The molecule has 0 radical (unpaired) electrons. The van der Waals surface area contributed by atoms with Crippen LogP contribution in [0.1, 0.15) is 39.5 Å². The van der Waals surface area contributed by atoms with Gasteiger partial charge in [-0.15, -0.1) is 0 Å². The Morgan fingerprint density at radius 1 is 1.15 bits per heavy atom. The molecular weight excluding hydrogens is 168 g/mol. The molecule has 0 aromatic rings. The Bertz CT molecular complexity index is 212. The smallest absolute Gasteiger partial charge is 0.303 e. The van der Waals surface area contributed by atoms with E-state index in [1.165, 1.54) is 0 Å². The highest BCUT2D eigenvalue weighted by Gasteiger charge is 2.00. The minimum absolute atomic E-state index is 0.0883. The van der Waals surface area contributed by atoms with E-state index in [-0.39, 0.29) is 12.2 Å².